The second-order valence-corrected chi connectivity index (χ2v) is 5.13. The Balaban J connectivity index is 1.87. The van der Waals surface area contributed by atoms with E-state index in [0.29, 0.717) is 26.0 Å². The summed E-state index contributed by atoms with van der Waals surface area (Å²) in [5, 5.41) is 11.7. The molecule has 1 fully saturated rings. The highest BCUT2D eigenvalue weighted by Gasteiger charge is 2.34. The molecule has 0 radical (unpaired) electrons. The van der Waals surface area contributed by atoms with E-state index in [1.807, 2.05) is 37.3 Å². The van der Waals surface area contributed by atoms with Crippen molar-refractivity contribution in [1.82, 2.24) is 5.32 Å². The number of carbonyl (C=O) groups excluding carboxylic acids is 1. The first-order chi connectivity index (χ1) is 10.6. The number of nitrogens with one attached hydrogen (secondary N) is 1. The topological polar surface area (TPSA) is 84.9 Å². The van der Waals surface area contributed by atoms with E-state index in [0.717, 1.165) is 5.56 Å². The van der Waals surface area contributed by atoms with Crippen LogP contribution in [0.15, 0.2) is 30.3 Å². The fraction of sp³-hybridized carbons (Fsp3) is 0.500. The lowest BCUT2D eigenvalue weighted by Crippen LogP contribution is -2.38. The molecule has 6 nitrogen and oxygen atoms in total. The Morgan fingerprint density at radius 2 is 2.00 bits per heavy atom. The van der Waals surface area contributed by atoms with E-state index in [2.05, 4.69) is 5.32 Å². The number of carbonyl (C=O) groups is 2. The number of hydrogen-bond donors (Lipinski definition) is 2. The number of aliphatic carboxylic acids is 1. The summed E-state index contributed by atoms with van der Waals surface area (Å²) in [7, 11) is 0. The maximum atomic E-state index is 12.1. The first-order valence-electron chi connectivity index (χ1n) is 7.44. The van der Waals surface area contributed by atoms with Crippen LogP contribution >= 0.6 is 0 Å². The van der Waals surface area contributed by atoms with Crippen LogP contribution in [-0.2, 0) is 19.1 Å². The first-order valence-corrected chi connectivity index (χ1v) is 7.44. The largest absolute Gasteiger partial charge is 0.479 e. The molecule has 1 aliphatic rings. The molecule has 6 heteroatoms. The Labute approximate surface area is 129 Å². The summed E-state index contributed by atoms with van der Waals surface area (Å²) in [5.74, 6) is -1.31. The highest BCUT2D eigenvalue weighted by Crippen LogP contribution is 2.21. The van der Waals surface area contributed by atoms with Crippen molar-refractivity contribution >= 4 is 11.9 Å². The minimum Gasteiger partial charge on any atom is -0.479 e. The van der Waals surface area contributed by atoms with Gasteiger partial charge in [-0.05, 0) is 25.3 Å². The van der Waals surface area contributed by atoms with Gasteiger partial charge < -0.3 is 19.9 Å². The smallest absolute Gasteiger partial charge is 0.332 e. The fourth-order valence-corrected chi connectivity index (χ4v) is 2.46. The molecule has 0 bridgehead atoms. The predicted octanol–water partition coefficient (Wildman–Crippen LogP) is 1.51. The van der Waals surface area contributed by atoms with Gasteiger partial charge in [-0.25, -0.2) is 4.79 Å². The molecule has 0 saturated carbocycles. The molecule has 1 amide bonds. The third kappa shape index (κ3) is 4.29. The molecule has 0 aliphatic carbocycles. The van der Waals surface area contributed by atoms with Crippen molar-refractivity contribution in [3.05, 3.63) is 35.9 Å². The Bertz CT molecular complexity index is 505. The van der Waals surface area contributed by atoms with Crippen LogP contribution in [0.2, 0.25) is 0 Å². The average Bonchev–Trinajstić information content (AvgIpc) is 3.02. The molecule has 0 spiro atoms. The SMILES string of the molecule is CCOC(CNC(=O)[C@@H]1CC[C@H](C(=O)O)O1)c1ccccc1. The molecule has 1 unspecified atom stereocenters. The van der Waals surface area contributed by atoms with Crippen molar-refractivity contribution in [2.75, 3.05) is 13.2 Å². The molecule has 22 heavy (non-hydrogen) atoms. The molecule has 1 heterocycles. The zero-order valence-electron chi connectivity index (χ0n) is 12.5. The number of carboxylic acids is 1. The lowest BCUT2D eigenvalue weighted by Gasteiger charge is -2.19. The lowest BCUT2D eigenvalue weighted by molar-refractivity contribution is -0.151. The summed E-state index contributed by atoms with van der Waals surface area (Å²) in [6.07, 6.45) is -1.02. The quantitative estimate of drug-likeness (QED) is 0.797. The molecule has 1 saturated heterocycles. The monoisotopic (exact) mass is 307 g/mol. The average molecular weight is 307 g/mol. The Morgan fingerprint density at radius 1 is 1.32 bits per heavy atom. The van der Waals surface area contributed by atoms with Gasteiger partial charge in [-0.1, -0.05) is 30.3 Å². The minimum atomic E-state index is -1.02. The molecule has 1 aromatic carbocycles. The molecule has 2 rings (SSSR count). The minimum absolute atomic E-state index is 0.230. The van der Waals surface area contributed by atoms with Gasteiger partial charge in [-0.2, -0.15) is 0 Å². The van der Waals surface area contributed by atoms with Crippen molar-refractivity contribution in [2.45, 2.75) is 38.1 Å². The van der Waals surface area contributed by atoms with Crippen LogP contribution in [0.3, 0.4) is 0 Å². The number of amides is 1. The number of hydrogen-bond acceptors (Lipinski definition) is 4. The van der Waals surface area contributed by atoms with Gasteiger partial charge in [0.05, 0.1) is 6.10 Å². The van der Waals surface area contributed by atoms with E-state index in [1.165, 1.54) is 0 Å². The Hall–Kier alpha value is -1.92. The van der Waals surface area contributed by atoms with Crippen LogP contribution < -0.4 is 5.32 Å². The van der Waals surface area contributed by atoms with E-state index in [9.17, 15) is 9.59 Å². The summed E-state index contributed by atoms with van der Waals surface area (Å²) in [6, 6.07) is 9.64. The second-order valence-electron chi connectivity index (χ2n) is 5.13. The third-order valence-electron chi connectivity index (χ3n) is 3.59. The zero-order valence-corrected chi connectivity index (χ0v) is 12.5. The summed E-state index contributed by atoms with van der Waals surface area (Å²) in [4.78, 5) is 22.9. The van der Waals surface area contributed by atoms with Crippen molar-refractivity contribution in [3.63, 3.8) is 0 Å². The maximum absolute atomic E-state index is 12.1. The fourth-order valence-electron chi connectivity index (χ4n) is 2.46. The van der Waals surface area contributed by atoms with Crippen LogP contribution in [0.1, 0.15) is 31.4 Å². The van der Waals surface area contributed by atoms with E-state index in [4.69, 9.17) is 14.6 Å². The Kier molecular flexibility index (Phi) is 5.91. The van der Waals surface area contributed by atoms with Crippen LogP contribution in [0.5, 0.6) is 0 Å². The standard InChI is InChI=1S/C16H21NO5/c1-2-21-14(11-6-4-3-5-7-11)10-17-15(18)12-8-9-13(22-12)16(19)20/h3-7,12-14H,2,8-10H2,1H3,(H,17,18)(H,19,20)/t12-,13+,14?/m0/s1. The number of ether oxygens (including phenoxy) is 2. The molecule has 1 aromatic rings. The zero-order chi connectivity index (χ0) is 15.9. The number of rotatable bonds is 7. The van der Waals surface area contributed by atoms with Gasteiger partial charge in [0.15, 0.2) is 6.10 Å². The third-order valence-corrected chi connectivity index (χ3v) is 3.59. The van der Waals surface area contributed by atoms with Gasteiger partial charge in [0, 0.05) is 13.2 Å². The van der Waals surface area contributed by atoms with Crippen molar-refractivity contribution in [3.8, 4) is 0 Å². The lowest BCUT2D eigenvalue weighted by atomic mass is 10.1. The van der Waals surface area contributed by atoms with E-state index >= 15 is 0 Å². The summed E-state index contributed by atoms with van der Waals surface area (Å²) in [5.41, 5.74) is 0.986. The molecule has 0 aromatic heterocycles. The van der Waals surface area contributed by atoms with Crippen molar-refractivity contribution < 1.29 is 24.2 Å². The molecule has 120 valence electrons. The molecule has 3 atom stereocenters. The number of carboxylic acid groups (broad SMARTS) is 1. The molecule has 1 aliphatic heterocycles. The van der Waals surface area contributed by atoms with Gasteiger partial charge in [-0.15, -0.1) is 0 Å². The van der Waals surface area contributed by atoms with Gasteiger partial charge in [0.25, 0.3) is 0 Å². The van der Waals surface area contributed by atoms with Gasteiger partial charge in [-0.3, -0.25) is 4.79 Å². The summed E-state index contributed by atoms with van der Waals surface area (Å²) >= 11 is 0. The molecular weight excluding hydrogens is 286 g/mol. The molecular formula is C16H21NO5. The van der Waals surface area contributed by atoms with E-state index in [1.54, 1.807) is 0 Å². The highest BCUT2D eigenvalue weighted by atomic mass is 16.5. The maximum Gasteiger partial charge on any atom is 0.332 e. The van der Waals surface area contributed by atoms with Crippen LogP contribution in [0.4, 0.5) is 0 Å². The normalized spacial score (nSPS) is 22.2. The van der Waals surface area contributed by atoms with Crippen LogP contribution in [-0.4, -0.2) is 42.3 Å². The van der Waals surface area contributed by atoms with Gasteiger partial charge in [0.1, 0.15) is 6.10 Å². The van der Waals surface area contributed by atoms with Crippen molar-refractivity contribution in [2.24, 2.45) is 0 Å². The number of benzene rings is 1. The first kappa shape index (κ1) is 16.5. The van der Waals surface area contributed by atoms with Crippen LogP contribution in [0, 0.1) is 0 Å². The highest BCUT2D eigenvalue weighted by molar-refractivity contribution is 5.82. The van der Waals surface area contributed by atoms with E-state index < -0.39 is 18.2 Å². The van der Waals surface area contributed by atoms with Gasteiger partial charge in [0.2, 0.25) is 5.91 Å². The van der Waals surface area contributed by atoms with Crippen LogP contribution in [0.25, 0.3) is 0 Å². The second kappa shape index (κ2) is 7.91. The molecule has 2 N–H and O–H groups in total. The van der Waals surface area contributed by atoms with Gasteiger partial charge >= 0.3 is 5.97 Å². The summed E-state index contributed by atoms with van der Waals surface area (Å²) in [6.45, 7) is 2.76. The van der Waals surface area contributed by atoms with Crippen molar-refractivity contribution in [1.29, 1.82) is 0 Å². The Morgan fingerprint density at radius 3 is 2.59 bits per heavy atom. The summed E-state index contributed by atoms with van der Waals surface area (Å²) < 4.78 is 10.9. The van der Waals surface area contributed by atoms with E-state index in [-0.39, 0.29) is 12.0 Å². The predicted molar refractivity (Wildman–Crippen MR) is 79.3 cm³/mol.